The Morgan fingerprint density at radius 1 is 1.48 bits per heavy atom. The number of anilines is 1. The number of nitrogens with two attached hydrogens (primary N) is 1. The van der Waals surface area contributed by atoms with Crippen LogP contribution < -0.4 is 10.0 Å². The summed E-state index contributed by atoms with van der Waals surface area (Å²) in [5, 5.41) is 14.0. The number of rotatable bonds is 4. The van der Waals surface area contributed by atoms with Crippen LogP contribution in [0.2, 0.25) is 0 Å². The minimum absolute atomic E-state index is 0.108. The van der Waals surface area contributed by atoms with Crippen LogP contribution in [0.15, 0.2) is 18.2 Å². The number of hydrogen-bond donors (Lipinski definition) is 1. The van der Waals surface area contributed by atoms with E-state index in [0.717, 1.165) is 11.3 Å². The van der Waals surface area contributed by atoms with Crippen LogP contribution in [0.1, 0.15) is 24.5 Å². The first-order valence-corrected chi connectivity index (χ1v) is 8.39. The SMILES string of the molecule is CCc1cc(C#N)ccc1N1CC(CS(N)(=O)=O)CC1=O. The number of carbonyl (C=O) groups is 1. The van der Waals surface area contributed by atoms with E-state index >= 15 is 0 Å². The van der Waals surface area contributed by atoms with E-state index in [2.05, 4.69) is 6.07 Å². The molecule has 0 aliphatic carbocycles. The first kappa shape index (κ1) is 15.5. The normalized spacial score (nSPS) is 18.8. The van der Waals surface area contributed by atoms with Crippen molar-refractivity contribution in [1.29, 1.82) is 5.26 Å². The number of carbonyl (C=O) groups excluding carboxylic acids is 1. The van der Waals surface area contributed by atoms with Crippen LogP contribution in [0.3, 0.4) is 0 Å². The van der Waals surface area contributed by atoms with E-state index in [4.69, 9.17) is 10.4 Å². The van der Waals surface area contributed by atoms with Gasteiger partial charge in [0.15, 0.2) is 0 Å². The summed E-state index contributed by atoms with van der Waals surface area (Å²) in [6.07, 6.45) is 0.869. The molecule has 1 amide bonds. The van der Waals surface area contributed by atoms with Gasteiger partial charge in [0, 0.05) is 24.6 Å². The second-order valence-corrected chi connectivity index (χ2v) is 6.87. The summed E-state index contributed by atoms with van der Waals surface area (Å²) in [5.74, 6) is -0.580. The molecule has 1 aromatic carbocycles. The zero-order chi connectivity index (χ0) is 15.6. The van der Waals surface area contributed by atoms with Gasteiger partial charge >= 0.3 is 0 Å². The Labute approximate surface area is 124 Å². The predicted octanol–water partition coefficient (Wildman–Crippen LogP) is 0.762. The van der Waals surface area contributed by atoms with E-state index in [-0.39, 0.29) is 24.0 Å². The molecule has 1 saturated heterocycles. The number of nitriles is 1. The molecule has 112 valence electrons. The number of nitrogens with zero attached hydrogens (tertiary/aromatic N) is 2. The van der Waals surface area contributed by atoms with Gasteiger partial charge in [0.1, 0.15) is 0 Å². The van der Waals surface area contributed by atoms with E-state index in [9.17, 15) is 13.2 Å². The highest BCUT2D eigenvalue weighted by molar-refractivity contribution is 7.89. The van der Waals surface area contributed by atoms with Crippen molar-refractivity contribution >= 4 is 21.6 Å². The lowest BCUT2D eigenvalue weighted by Gasteiger charge is -2.20. The van der Waals surface area contributed by atoms with E-state index in [1.165, 1.54) is 0 Å². The second-order valence-electron chi connectivity index (χ2n) is 5.21. The monoisotopic (exact) mass is 307 g/mol. The summed E-state index contributed by atoms with van der Waals surface area (Å²) in [6.45, 7) is 2.29. The fourth-order valence-electron chi connectivity index (χ4n) is 2.66. The summed E-state index contributed by atoms with van der Waals surface area (Å²) in [5.41, 5.74) is 2.19. The fraction of sp³-hybridized carbons (Fsp3) is 0.429. The van der Waals surface area contributed by atoms with Gasteiger partial charge in [-0.3, -0.25) is 4.79 Å². The average Bonchev–Trinajstić information content (AvgIpc) is 2.76. The number of hydrogen-bond acceptors (Lipinski definition) is 4. The van der Waals surface area contributed by atoms with E-state index < -0.39 is 10.0 Å². The zero-order valence-electron chi connectivity index (χ0n) is 11.7. The maximum Gasteiger partial charge on any atom is 0.227 e. The molecule has 2 rings (SSSR count). The van der Waals surface area contributed by atoms with Crippen LogP contribution in [-0.2, 0) is 21.2 Å². The molecule has 1 unspecified atom stereocenters. The van der Waals surface area contributed by atoms with Crippen molar-refractivity contribution in [2.75, 3.05) is 17.2 Å². The van der Waals surface area contributed by atoms with Gasteiger partial charge in [0.25, 0.3) is 0 Å². The maximum atomic E-state index is 12.1. The molecule has 1 fully saturated rings. The molecule has 0 bridgehead atoms. The third kappa shape index (κ3) is 3.60. The molecule has 0 saturated carbocycles. The van der Waals surface area contributed by atoms with Gasteiger partial charge in [-0.25, -0.2) is 13.6 Å². The molecule has 21 heavy (non-hydrogen) atoms. The number of amides is 1. The lowest BCUT2D eigenvalue weighted by atomic mass is 10.1. The third-order valence-corrected chi connectivity index (χ3v) is 4.49. The van der Waals surface area contributed by atoms with Gasteiger partial charge in [-0.05, 0) is 30.2 Å². The summed E-state index contributed by atoms with van der Waals surface area (Å²) >= 11 is 0. The summed E-state index contributed by atoms with van der Waals surface area (Å²) in [7, 11) is -3.58. The van der Waals surface area contributed by atoms with Gasteiger partial charge in [0.05, 0.1) is 17.4 Å². The van der Waals surface area contributed by atoms with Crippen molar-refractivity contribution in [2.45, 2.75) is 19.8 Å². The molecule has 1 aromatic rings. The topological polar surface area (TPSA) is 104 Å². The van der Waals surface area contributed by atoms with Gasteiger partial charge in [-0.1, -0.05) is 6.92 Å². The Bertz CT molecular complexity index is 707. The molecule has 2 N–H and O–H groups in total. The van der Waals surface area contributed by atoms with Gasteiger partial charge in [-0.2, -0.15) is 5.26 Å². The molecule has 1 atom stereocenters. The minimum atomic E-state index is -3.58. The fourth-order valence-corrected chi connectivity index (χ4v) is 3.54. The molecule has 0 radical (unpaired) electrons. The number of primary sulfonamides is 1. The van der Waals surface area contributed by atoms with E-state index in [1.54, 1.807) is 23.1 Å². The third-order valence-electron chi connectivity index (χ3n) is 3.55. The van der Waals surface area contributed by atoms with Crippen molar-refractivity contribution < 1.29 is 13.2 Å². The van der Waals surface area contributed by atoms with Crippen molar-refractivity contribution in [3.63, 3.8) is 0 Å². The van der Waals surface area contributed by atoms with E-state index in [0.29, 0.717) is 18.5 Å². The van der Waals surface area contributed by atoms with Crippen molar-refractivity contribution in [2.24, 2.45) is 11.1 Å². The number of benzene rings is 1. The van der Waals surface area contributed by atoms with E-state index in [1.807, 2.05) is 6.92 Å². The van der Waals surface area contributed by atoms with Gasteiger partial charge in [-0.15, -0.1) is 0 Å². The predicted molar refractivity (Wildman–Crippen MR) is 79.0 cm³/mol. The number of sulfonamides is 1. The summed E-state index contributed by atoms with van der Waals surface area (Å²) in [6, 6.07) is 7.24. The Kier molecular flexibility index (Phi) is 4.30. The first-order chi connectivity index (χ1) is 9.84. The second kappa shape index (κ2) is 5.84. The van der Waals surface area contributed by atoms with Crippen LogP contribution in [0.4, 0.5) is 5.69 Å². The highest BCUT2D eigenvalue weighted by atomic mass is 32.2. The maximum absolute atomic E-state index is 12.1. The highest BCUT2D eigenvalue weighted by Crippen LogP contribution is 2.29. The van der Waals surface area contributed by atoms with Crippen LogP contribution in [0.5, 0.6) is 0 Å². The van der Waals surface area contributed by atoms with Gasteiger partial charge in [0.2, 0.25) is 15.9 Å². The Balaban J connectivity index is 2.27. The Morgan fingerprint density at radius 2 is 2.19 bits per heavy atom. The molecule has 6 nitrogen and oxygen atoms in total. The van der Waals surface area contributed by atoms with Crippen LogP contribution >= 0.6 is 0 Å². The summed E-state index contributed by atoms with van der Waals surface area (Å²) < 4.78 is 22.3. The number of aryl methyl sites for hydroxylation is 1. The van der Waals surface area contributed by atoms with Crippen molar-refractivity contribution in [3.8, 4) is 6.07 Å². The van der Waals surface area contributed by atoms with Crippen LogP contribution in [0, 0.1) is 17.2 Å². The average molecular weight is 307 g/mol. The lowest BCUT2D eigenvalue weighted by Crippen LogP contribution is -2.28. The standard InChI is InChI=1S/C14H17N3O3S/c1-2-12-5-10(7-15)3-4-13(12)17-8-11(6-14(17)18)9-21(16,19)20/h3-5,11H,2,6,8-9H2,1H3,(H2,16,19,20). The summed E-state index contributed by atoms with van der Waals surface area (Å²) in [4.78, 5) is 13.7. The van der Waals surface area contributed by atoms with Crippen LogP contribution in [-0.4, -0.2) is 26.6 Å². The van der Waals surface area contributed by atoms with Crippen molar-refractivity contribution in [1.82, 2.24) is 0 Å². The van der Waals surface area contributed by atoms with Gasteiger partial charge < -0.3 is 4.90 Å². The Morgan fingerprint density at radius 3 is 2.76 bits per heavy atom. The molecule has 0 spiro atoms. The highest BCUT2D eigenvalue weighted by Gasteiger charge is 2.33. The zero-order valence-corrected chi connectivity index (χ0v) is 12.6. The molecular formula is C14H17N3O3S. The lowest BCUT2D eigenvalue weighted by molar-refractivity contribution is -0.117. The Hall–Kier alpha value is -1.91. The largest absolute Gasteiger partial charge is 0.312 e. The van der Waals surface area contributed by atoms with Crippen molar-refractivity contribution in [3.05, 3.63) is 29.3 Å². The smallest absolute Gasteiger partial charge is 0.227 e. The molecular weight excluding hydrogens is 290 g/mol. The molecule has 0 aromatic heterocycles. The molecule has 1 aliphatic heterocycles. The molecule has 1 aliphatic rings. The molecule has 1 heterocycles. The first-order valence-electron chi connectivity index (χ1n) is 6.68. The quantitative estimate of drug-likeness (QED) is 0.886. The molecule has 7 heteroatoms. The van der Waals surface area contributed by atoms with Crippen LogP contribution in [0.25, 0.3) is 0 Å². The minimum Gasteiger partial charge on any atom is -0.312 e.